The van der Waals surface area contributed by atoms with Gasteiger partial charge in [0.05, 0.1) is 16.7 Å². The first-order chi connectivity index (χ1) is 12.3. The first kappa shape index (κ1) is 14.3. The van der Waals surface area contributed by atoms with Crippen LogP contribution in [-0.2, 0) is 13.0 Å². The van der Waals surface area contributed by atoms with Crippen molar-refractivity contribution in [3.05, 3.63) is 60.2 Å². The minimum atomic E-state index is 0.904. The van der Waals surface area contributed by atoms with E-state index in [9.17, 15) is 0 Å². The van der Waals surface area contributed by atoms with Gasteiger partial charge in [-0.3, -0.25) is 19.6 Å². The van der Waals surface area contributed by atoms with Crippen molar-refractivity contribution in [2.75, 3.05) is 0 Å². The lowest BCUT2D eigenvalue weighted by Gasteiger charge is -2.06. The predicted molar refractivity (Wildman–Crippen MR) is 97.0 cm³/mol. The molecule has 5 nitrogen and oxygen atoms in total. The Kier molecular flexibility index (Phi) is 3.13. The molecule has 25 heavy (non-hydrogen) atoms. The molecule has 4 aromatic rings. The summed E-state index contributed by atoms with van der Waals surface area (Å²) in [5, 5.41) is 4.86. The average molecular weight is 327 g/mol. The number of aromatic nitrogens is 5. The van der Waals surface area contributed by atoms with Gasteiger partial charge in [-0.25, -0.2) is 0 Å². The molecule has 0 saturated carbocycles. The van der Waals surface area contributed by atoms with Crippen molar-refractivity contribution in [1.29, 1.82) is 0 Å². The van der Waals surface area contributed by atoms with Gasteiger partial charge in [0.1, 0.15) is 5.69 Å². The molecule has 4 aromatic heterocycles. The molecule has 1 aliphatic heterocycles. The number of aryl methyl sites for hydroxylation is 2. The molecule has 5 heterocycles. The van der Waals surface area contributed by atoms with Gasteiger partial charge in [-0.2, -0.15) is 5.10 Å². The topological polar surface area (TPSA) is 56.5 Å². The van der Waals surface area contributed by atoms with Crippen molar-refractivity contribution in [2.45, 2.75) is 26.3 Å². The van der Waals surface area contributed by atoms with Gasteiger partial charge in [-0.1, -0.05) is 6.07 Å². The summed E-state index contributed by atoms with van der Waals surface area (Å²) in [7, 11) is 0. The molecule has 5 heteroatoms. The van der Waals surface area contributed by atoms with Crippen LogP contribution in [-0.4, -0.2) is 24.7 Å². The maximum absolute atomic E-state index is 4.86. The maximum Gasteiger partial charge on any atom is 0.119 e. The minimum Gasteiger partial charge on any atom is -0.268 e. The molecule has 0 saturated heterocycles. The summed E-state index contributed by atoms with van der Waals surface area (Å²) in [5.41, 5.74) is 8.15. The molecular weight excluding hydrogens is 310 g/mol. The molecule has 1 aliphatic rings. The summed E-state index contributed by atoms with van der Waals surface area (Å²) in [6.07, 6.45) is 5.91. The molecule has 122 valence electrons. The van der Waals surface area contributed by atoms with Crippen molar-refractivity contribution < 1.29 is 0 Å². The van der Waals surface area contributed by atoms with Crippen LogP contribution in [0.15, 0.2) is 48.8 Å². The van der Waals surface area contributed by atoms with E-state index < -0.39 is 0 Å². The Morgan fingerprint density at radius 1 is 1.04 bits per heavy atom. The van der Waals surface area contributed by atoms with E-state index in [0.29, 0.717) is 0 Å². The fourth-order valence-corrected chi connectivity index (χ4v) is 3.58. The summed E-state index contributed by atoms with van der Waals surface area (Å²) in [5.74, 6) is 0. The molecule has 0 bridgehead atoms. The van der Waals surface area contributed by atoms with Crippen molar-refractivity contribution in [3.63, 3.8) is 0 Å². The highest BCUT2D eigenvalue weighted by molar-refractivity contribution is 5.86. The van der Waals surface area contributed by atoms with Gasteiger partial charge in [-0.05, 0) is 50.1 Å². The second-order valence-corrected chi connectivity index (χ2v) is 6.43. The van der Waals surface area contributed by atoms with Crippen molar-refractivity contribution >= 4 is 11.0 Å². The van der Waals surface area contributed by atoms with E-state index in [1.54, 1.807) is 6.20 Å². The highest BCUT2D eigenvalue weighted by Gasteiger charge is 2.24. The van der Waals surface area contributed by atoms with E-state index in [2.05, 4.69) is 20.7 Å². The molecule has 0 aliphatic carbocycles. The van der Waals surface area contributed by atoms with E-state index in [0.717, 1.165) is 58.6 Å². The van der Waals surface area contributed by atoms with Gasteiger partial charge < -0.3 is 0 Å². The third-order valence-electron chi connectivity index (χ3n) is 4.71. The van der Waals surface area contributed by atoms with Crippen molar-refractivity contribution in [1.82, 2.24) is 24.7 Å². The van der Waals surface area contributed by atoms with Crippen LogP contribution in [0.3, 0.4) is 0 Å². The second kappa shape index (κ2) is 5.48. The van der Waals surface area contributed by atoms with Crippen LogP contribution in [0.1, 0.15) is 17.8 Å². The smallest absolute Gasteiger partial charge is 0.119 e. The van der Waals surface area contributed by atoms with E-state index >= 15 is 0 Å². The van der Waals surface area contributed by atoms with Crippen LogP contribution in [0.25, 0.3) is 33.5 Å². The molecule has 0 amide bonds. The zero-order valence-electron chi connectivity index (χ0n) is 14.0. The summed E-state index contributed by atoms with van der Waals surface area (Å²) in [6.45, 7) is 2.97. The summed E-state index contributed by atoms with van der Waals surface area (Å²) in [4.78, 5) is 13.7. The largest absolute Gasteiger partial charge is 0.268 e. The fraction of sp³-hybridized carbons (Fsp3) is 0.200. The minimum absolute atomic E-state index is 0.904. The van der Waals surface area contributed by atoms with Gasteiger partial charge in [0.25, 0.3) is 0 Å². The Balaban J connectivity index is 1.76. The highest BCUT2D eigenvalue weighted by Crippen LogP contribution is 2.37. The van der Waals surface area contributed by atoms with Crippen LogP contribution in [0.2, 0.25) is 0 Å². The number of hydrogen-bond acceptors (Lipinski definition) is 4. The third-order valence-corrected chi connectivity index (χ3v) is 4.71. The average Bonchev–Trinajstić information content (AvgIpc) is 3.22. The summed E-state index contributed by atoms with van der Waals surface area (Å²) >= 11 is 0. The number of pyridine rings is 3. The monoisotopic (exact) mass is 327 g/mol. The normalized spacial score (nSPS) is 13.3. The van der Waals surface area contributed by atoms with Gasteiger partial charge in [-0.15, -0.1) is 0 Å². The number of nitrogens with zero attached hydrogens (tertiary/aromatic N) is 5. The Morgan fingerprint density at radius 3 is 2.92 bits per heavy atom. The van der Waals surface area contributed by atoms with Gasteiger partial charge in [0.2, 0.25) is 0 Å². The van der Waals surface area contributed by atoms with Crippen LogP contribution in [0.5, 0.6) is 0 Å². The van der Waals surface area contributed by atoms with Gasteiger partial charge in [0, 0.05) is 41.5 Å². The van der Waals surface area contributed by atoms with E-state index in [4.69, 9.17) is 10.1 Å². The van der Waals surface area contributed by atoms with E-state index in [1.807, 2.05) is 43.5 Å². The number of rotatable bonds is 2. The highest BCUT2D eigenvalue weighted by atomic mass is 15.3. The van der Waals surface area contributed by atoms with Gasteiger partial charge >= 0.3 is 0 Å². The molecule has 0 atom stereocenters. The molecule has 0 unspecified atom stereocenters. The van der Waals surface area contributed by atoms with Crippen LogP contribution in [0, 0.1) is 6.92 Å². The Morgan fingerprint density at radius 2 is 2.00 bits per heavy atom. The molecule has 0 fully saturated rings. The molecular formula is C20H17N5. The third kappa shape index (κ3) is 2.31. The standard InChI is InChI=1S/C20H17N5/c1-13-5-2-6-16(23-13)20-19(18-8-4-10-25(18)24-20)14-11-17-15(22-12-14)7-3-9-21-17/h2-3,5-7,9,11-12H,4,8,10H2,1H3. The summed E-state index contributed by atoms with van der Waals surface area (Å²) in [6, 6.07) is 12.1. The first-order valence-corrected chi connectivity index (χ1v) is 8.54. The molecule has 0 radical (unpaired) electrons. The van der Waals surface area contributed by atoms with E-state index in [1.165, 1.54) is 5.69 Å². The Hall–Kier alpha value is -3.08. The van der Waals surface area contributed by atoms with E-state index in [-0.39, 0.29) is 0 Å². The Bertz CT molecular complexity index is 1100. The van der Waals surface area contributed by atoms with Crippen molar-refractivity contribution in [3.8, 4) is 22.5 Å². The zero-order chi connectivity index (χ0) is 16.8. The lowest BCUT2D eigenvalue weighted by Crippen LogP contribution is -1.95. The Labute approximate surface area is 145 Å². The van der Waals surface area contributed by atoms with Gasteiger partial charge in [0.15, 0.2) is 0 Å². The van der Waals surface area contributed by atoms with Crippen LogP contribution < -0.4 is 0 Å². The zero-order valence-corrected chi connectivity index (χ0v) is 14.0. The van der Waals surface area contributed by atoms with Crippen LogP contribution in [0.4, 0.5) is 0 Å². The summed E-state index contributed by atoms with van der Waals surface area (Å²) < 4.78 is 2.12. The first-order valence-electron chi connectivity index (χ1n) is 8.54. The molecule has 0 spiro atoms. The van der Waals surface area contributed by atoms with Crippen LogP contribution >= 0.6 is 0 Å². The maximum atomic E-state index is 4.86. The number of fused-ring (bicyclic) bond motifs is 2. The fourth-order valence-electron chi connectivity index (χ4n) is 3.58. The SMILES string of the molecule is Cc1cccc(-c2nn3c(c2-c2cnc4cccnc4c2)CCC3)n1. The predicted octanol–water partition coefficient (Wildman–Crippen LogP) is 3.81. The second-order valence-electron chi connectivity index (χ2n) is 6.43. The molecule has 5 rings (SSSR count). The lowest BCUT2D eigenvalue weighted by atomic mass is 10.0. The molecule has 0 N–H and O–H groups in total. The quantitative estimate of drug-likeness (QED) is 0.562. The lowest BCUT2D eigenvalue weighted by molar-refractivity contribution is 0.658. The van der Waals surface area contributed by atoms with Crippen molar-refractivity contribution in [2.24, 2.45) is 0 Å². The number of hydrogen-bond donors (Lipinski definition) is 0. The molecule has 0 aromatic carbocycles.